The molecule has 5 unspecified atom stereocenters. The molecular formula is C19H40. The number of hydrogen-bond acceptors (Lipinski definition) is 0. The highest BCUT2D eigenvalue weighted by atomic mass is 14.3. The van der Waals surface area contributed by atoms with Crippen LogP contribution in [-0.4, -0.2) is 0 Å². The minimum atomic E-state index is 0.887. The largest absolute Gasteiger partial charge is 0.0654 e. The van der Waals surface area contributed by atoms with Crippen molar-refractivity contribution in [2.24, 2.45) is 29.6 Å². The van der Waals surface area contributed by atoms with Crippen LogP contribution < -0.4 is 0 Å². The molecule has 5 atom stereocenters. The van der Waals surface area contributed by atoms with Crippen molar-refractivity contribution < 1.29 is 0 Å². The van der Waals surface area contributed by atoms with Gasteiger partial charge in [-0.2, -0.15) is 0 Å². The van der Waals surface area contributed by atoms with E-state index in [2.05, 4.69) is 48.5 Å². The van der Waals surface area contributed by atoms with E-state index in [1.807, 2.05) is 0 Å². The normalized spacial score (nSPS) is 19.7. The SMILES string of the molecule is CCCCC(C)CC(C)C(CC)C(C)C(C)CCC. The van der Waals surface area contributed by atoms with E-state index in [-0.39, 0.29) is 0 Å². The fraction of sp³-hybridized carbons (Fsp3) is 1.00. The van der Waals surface area contributed by atoms with Gasteiger partial charge in [-0.25, -0.2) is 0 Å². The molecule has 0 bridgehead atoms. The van der Waals surface area contributed by atoms with Gasteiger partial charge in [0, 0.05) is 0 Å². The van der Waals surface area contributed by atoms with Crippen LogP contribution in [0.15, 0.2) is 0 Å². The molecule has 0 spiro atoms. The zero-order valence-electron chi connectivity index (χ0n) is 14.8. The van der Waals surface area contributed by atoms with Crippen molar-refractivity contribution in [3.05, 3.63) is 0 Å². The molecule has 0 nitrogen and oxygen atoms in total. The van der Waals surface area contributed by atoms with Gasteiger partial charge in [0.2, 0.25) is 0 Å². The average molecular weight is 269 g/mol. The summed E-state index contributed by atoms with van der Waals surface area (Å²) in [4.78, 5) is 0. The second-order valence-corrected chi connectivity index (χ2v) is 7.16. The third-order valence-electron chi connectivity index (χ3n) is 5.34. The van der Waals surface area contributed by atoms with Crippen LogP contribution in [0, 0.1) is 29.6 Å². The Balaban J connectivity index is 4.33. The minimum absolute atomic E-state index is 0.887. The summed E-state index contributed by atoms with van der Waals surface area (Å²) in [6.45, 7) is 16.9. The van der Waals surface area contributed by atoms with E-state index in [0.29, 0.717) is 0 Å². The predicted octanol–water partition coefficient (Wildman–Crippen LogP) is 6.94. The predicted molar refractivity (Wildman–Crippen MR) is 89.5 cm³/mol. The minimum Gasteiger partial charge on any atom is -0.0654 e. The van der Waals surface area contributed by atoms with Crippen LogP contribution in [-0.2, 0) is 0 Å². The number of hydrogen-bond donors (Lipinski definition) is 0. The van der Waals surface area contributed by atoms with E-state index in [1.54, 1.807) is 0 Å². The highest BCUT2D eigenvalue weighted by molar-refractivity contribution is 4.76. The van der Waals surface area contributed by atoms with Crippen LogP contribution >= 0.6 is 0 Å². The lowest BCUT2D eigenvalue weighted by molar-refractivity contribution is 0.160. The summed E-state index contributed by atoms with van der Waals surface area (Å²) in [5, 5.41) is 0. The van der Waals surface area contributed by atoms with Crippen molar-refractivity contribution in [1.82, 2.24) is 0 Å². The van der Waals surface area contributed by atoms with Gasteiger partial charge in [-0.1, -0.05) is 87.0 Å². The highest BCUT2D eigenvalue weighted by Crippen LogP contribution is 2.35. The van der Waals surface area contributed by atoms with Crippen molar-refractivity contribution in [3.8, 4) is 0 Å². The second-order valence-electron chi connectivity index (χ2n) is 7.16. The average Bonchev–Trinajstić information content (AvgIpc) is 2.37. The molecule has 0 fully saturated rings. The van der Waals surface area contributed by atoms with E-state index in [1.165, 1.54) is 44.9 Å². The van der Waals surface area contributed by atoms with Crippen molar-refractivity contribution >= 4 is 0 Å². The molecule has 116 valence electrons. The summed E-state index contributed by atoms with van der Waals surface area (Å²) in [6, 6.07) is 0. The Hall–Kier alpha value is 0. The zero-order valence-corrected chi connectivity index (χ0v) is 14.8. The van der Waals surface area contributed by atoms with Gasteiger partial charge in [0.05, 0.1) is 0 Å². The van der Waals surface area contributed by atoms with Gasteiger partial charge in [0.25, 0.3) is 0 Å². The first-order valence-corrected chi connectivity index (χ1v) is 8.97. The van der Waals surface area contributed by atoms with Crippen LogP contribution in [0.25, 0.3) is 0 Å². The Kier molecular flexibility index (Phi) is 10.7. The standard InChI is InChI=1S/C19H40/c1-8-11-13-15(4)14-17(6)19(10-3)18(7)16(5)12-9-2/h15-19H,8-14H2,1-7H3. The third kappa shape index (κ3) is 7.37. The van der Waals surface area contributed by atoms with Crippen LogP contribution in [0.1, 0.15) is 93.4 Å². The molecule has 0 aromatic carbocycles. The van der Waals surface area contributed by atoms with E-state index >= 15 is 0 Å². The van der Waals surface area contributed by atoms with Crippen molar-refractivity contribution in [2.75, 3.05) is 0 Å². The Morgan fingerprint density at radius 3 is 1.84 bits per heavy atom. The van der Waals surface area contributed by atoms with Gasteiger partial charge >= 0.3 is 0 Å². The Labute approximate surface area is 123 Å². The van der Waals surface area contributed by atoms with Crippen LogP contribution in [0.3, 0.4) is 0 Å². The fourth-order valence-electron chi connectivity index (χ4n) is 3.91. The van der Waals surface area contributed by atoms with Gasteiger partial charge in [-0.15, -0.1) is 0 Å². The molecule has 0 N–H and O–H groups in total. The lowest BCUT2D eigenvalue weighted by Gasteiger charge is -2.34. The molecule has 0 heteroatoms. The molecule has 0 aromatic heterocycles. The second kappa shape index (κ2) is 10.7. The van der Waals surface area contributed by atoms with Gasteiger partial charge in [0.1, 0.15) is 0 Å². The summed E-state index contributed by atoms with van der Waals surface area (Å²) >= 11 is 0. The molecular weight excluding hydrogens is 228 g/mol. The van der Waals surface area contributed by atoms with E-state index < -0.39 is 0 Å². The number of rotatable bonds is 11. The lowest BCUT2D eigenvalue weighted by Crippen LogP contribution is -2.25. The topological polar surface area (TPSA) is 0 Å². The molecule has 0 saturated heterocycles. The maximum Gasteiger partial charge on any atom is -0.0363 e. The van der Waals surface area contributed by atoms with Gasteiger partial charge in [-0.05, 0) is 36.0 Å². The quantitative estimate of drug-likeness (QED) is 0.381. The van der Waals surface area contributed by atoms with Crippen LogP contribution in [0.5, 0.6) is 0 Å². The van der Waals surface area contributed by atoms with Gasteiger partial charge in [0.15, 0.2) is 0 Å². The lowest BCUT2D eigenvalue weighted by atomic mass is 9.72. The van der Waals surface area contributed by atoms with Gasteiger partial charge < -0.3 is 0 Å². The van der Waals surface area contributed by atoms with Crippen LogP contribution in [0.2, 0.25) is 0 Å². The summed E-state index contributed by atoms with van der Waals surface area (Å²) < 4.78 is 0. The first-order chi connectivity index (χ1) is 8.97. The Morgan fingerprint density at radius 1 is 0.737 bits per heavy atom. The monoisotopic (exact) mass is 268 g/mol. The van der Waals surface area contributed by atoms with Crippen LogP contribution in [0.4, 0.5) is 0 Å². The molecule has 0 aliphatic carbocycles. The molecule has 0 aliphatic heterocycles. The van der Waals surface area contributed by atoms with E-state index in [0.717, 1.165) is 29.6 Å². The summed E-state index contributed by atoms with van der Waals surface area (Å²) in [5.74, 6) is 4.51. The molecule has 19 heavy (non-hydrogen) atoms. The number of unbranched alkanes of at least 4 members (excludes halogenated alkanes) is 1. The maximum absolute atomic E-state index is 2.51. The summed E-state index contributed by atoms with van der Waals surface area (Å²) in [5.41, 5.74) is 0. The highest BCUT2D eigenvalue weighted by Gasteiger charge is 2.26. The Morgan fingerprint density at radius 2 is 1.37 bits per heavy atom. The van der Waals surface area contributed by atoms with Crippen molar-refractivity contribution in [3.63, 3.8) is 0 Å². The fourth-order valence-corrected chi connectivity index (χ4v) is 3.91. The maximum atomic E-state index is 2.51. The summed E-state index contributed by atoms with van der Waals surface area (Å²) in [6.07, 6.45) is 9.71. The molecule has 0 amide bonds. The van der Waals surface area contributed by atoms with E-state index in [9.17, 15) is 0 Å². The van der Waals surface area contributed by atoms with Crippen molar-refractivity contribution in [2.45, 2.75) is 93.4 Å². The first-order valence-electron chi connectivity index (χ1n) is 8.97. The van der Waals surface area contributed by atoms with Crippen molar-refractivity contribution in [1.29, 1.82) is 0 Å². The smallest absolute Gasteiger partial charge is 0.0363 e. The molecule has 0 heterocycles. The van der Waals surface area contributed by atoms with E-state index in [4.69, 9.17) is 0 Å². The third-order valence-corrected chi connectivity index (χ3v) is 5.34. The Bertz CT molecular complexity index is 196. The molecule has 0 rings (SSSR count). The summed E-state index contributed by atoms with van der Waals surface area (Å²) in [7, 11) is 0. The molecule has 0 radical (unpaired) electrons. The molecule has 0 aliphatic rings. The molecule has 0 aromatic rings. The molecule has 0 saturated carbocycles. The van der Waals surface area contributed by atoms with Gasteiger partial charge in [-0.3, -0.25) is 0 Å². The zero-order chi connectivity index (χ0) is 14.8. The first kappa shape index (κ1) is 19.0.